The average Bonchev–Trinajstić information content (AvgIpc) is 2.33. The number of hydrogen-bond acceptors (Lipinski definition) is 4. The second-order valence-electron chi connectivity index (χ2n) is 3.60. The topological polar surface area (TPSA) is 95.9 Å². The lowest BCUT2D eigenvalue weighted by atomic mass is 10.3. The number of carbonyl (C=O) groups is 2. The first-order chi connectivity index (χ1) is 8.59. The number of phenolic OH excluding ortho intramolecular Hbond substituents is 1. The van der Waals surface area contributed by atoms with Gasteiger partial charge in [-0.2, -0.15) is 0 Å². The summed E-state index contributed by atoms with van der Waals surface area (Å²) < 4.78 is 5.10. The highest BCUT2D eigenvalue weighted by Crippen LogP contribution is 2.23. The van der Waals surface area contributed by atoms with Crippen molar-refractivity contribution in [2.45, 2.75) is 12.8 Å². The van der Waals surface area contributed by atoms with Gasteiger partial charge in [0.25, 0.3) is 5.91 Å². The van der Waals surface area contributed by atoms with Gasteiger partial charge in [-0.15, -0.1) is 0 Å². The molecule has 1 aromatic carbocycles. The molecule has 0 unspecified atom stereocenters. The standard InChI is InChI=1S/C12H15NO5/c14-9-4-1-2-5-10(9)18-8-11(15)13-7-3-6-12(16)17/h1-2,4-5,14H,3,6-8H2,(H,13,15)(H,16,17). The van der Waals surface area contributed by atoms with Crippen LogP contribution in [0.3, 0.4) is 0 Å². The minimum atomic E-state index is -0.894. The number of carbonyl (C=O) groups excluding carboxylic acids is 1. The van der Waals surface area contributed by atoms with Crippen molar-refractivity contribution in [2.75, 3.05) is 13.2 Å². The highest BCUT2D eigenvalue weighted by Gasteiger charge is 2.05. The number of carboxylic acid groups (broad SMARTS) is 1. The van der Waals surface area contributed by atoms with E-state index in [-0.39, 0.29) is 37.0 Å². The van der Waals surface area contributed by atoms with Crippen LogP contribution in [0.25, 0.3) is 0 Å². The van der Waals surface area contributed by atoms with Crippen molar-refractivity contribution in [3.05, 3.63) is 24.3 Å². The van der Waals surface area contributed by atoms with Crippen molar-refractivity contribution in [3.63, 3.8) is 0 Å². The molecule has 98 valence electrons. The summed E-state index contributed by atoms with van der Waals surface area (Å²) in [5.41, 5.74) is 0. The van der Waals surface area contributed by atoms with Crippen LogP contribution in [0.5, 0.6) is 11.5 Å². The molecule has 0 radical (unpaired) electrons. The van der Waals surface area contributed by atoms with Gasteiger partial charge in [-0.05, 0) is 18.6 Å². The van der Waals surface area contributed by atoms with Crippen molar-refractivity contribution < 1.29 is 24.5 Å². The van der Waals surface area contributed by atoms with E-state index in [1.807, 2.05) is 0 Å². The third-order valence-corrected chi connectivity index (χ3v) is 2.11. The van der Waals surface area contributed by atoms with Gasteiger partial charge in [-0.1, -0.05) is 12.1 Å². The van der Waals surface area contributed by atoms with Gasteiger partial charge in [-0.3, -0.25) is 9.59 Å². The van der Waals surface area contributed by atoms with Crippen LogP contribution in [0.15, 0.2) is 24.3 Å². The van der Waals surface area contributed by atoms with E-state index in [1.54, 1.807) is 18.2 Å². The zero-order chi connectivity index (χ0) is 13.4. The number of aromatic hydroxyl groups is 1. The molecule has 3 N–H and O–H groups in total. The van der Waals surface area contributed by atoms with Crippen LogP contribution in [-0.4, -0.2) is 35.2 Å². The predicted octanol–water partition coefficient (Wildman–Crippen LogP) is 0.752. The molecule has 0 aliphatic carbocycles. The van der Waals surface area contributed by atoms with Crippen LogP contribution >= 0.6 is 0 Å². The summed E-state index contributed by atoms with van der Waals surface area (Å²) in [7, 11) is 0. The summed E-state index contributed by atoms with van der Waals surface area (Å²) in [6.45, 7) is 0.0694. The highest BCUT2D eigenvalue weighted by molar-refractivity contribution is 5.77. The van der Waals surface area contributed by atoms with Gasteiger partial charge in [0.15, 0.2) is 18.1 Å². The maximum absolute atomic E-state index is 11.3. The van der Waals surface area contributed by atoms with Crippen LogP contribution in [0.2, 0.25) is 0 Å². The van der Waals surface area contributed by atoms with Gasteiger partial charge in [-0.25, -0.2) is 0 Å². The summed E-state index contributed by atoms with van der Waals surface area (Å²) in [5.74, 6) is -1.05. The largest absolute Gasteiger partial charge is 0.504 e. The Bertz CT molecular complexity index is 419. The number of phenols is 1. The summed E-state index contributed by atoms with van der Waals surface area (Å²) in [4.78, 5) is 21.5. The normalized spacial score (nSPS) is 9.78. The second-order valence-corrected chi connectivity index (χ2v) is 3.60. The molecule has 0 saturated carbocycles. The summed E-state index contributed by atoms with van der Waals surface area (Å²) in [5, 5.41) is 20.3. The van der Waals surface area contributed by atoms with Gasteiger partial charge in [0.05, 0.1) is 0 Å². The molecule has 0 fully saturated rings. The van der Waals surface area contributed by atoms with Crippen molar-refractivity contribution >= 4 is 11.9 Å². The Morgan fingerprint density at radius 1 is 1.28 bits per heavy atom. The maximum atomic E-state index is 11.3. The van der Waals surface area contributed by atoms with E-state index in [9.17, 15) is 14.7 Å². The number of para-hydroxylation sites is 2. The Morgan fingerprint density at radius 3 is 2.67 bits per heavy atom. The van der Waals surface area contributed by atoms with E-state index in [0.29, 0.717) is 6.42 Å². The summed E-state index contributed by atoms with van der Waals surface area (Å²) in [6, 6.07) is 6.33. The quantitative estimate of drug-likeness (QED) is 0.623. The third kappa shape index (κ3) is 5.20. The van der Waals surface area contributed by atoms with Crippen LogP contribution in [0.1, 0.15) is 12.8 Å². The van der Waals surface area contributed by atoms with E-state index in [1.165, 1.54) is 6.07 Å². The Kier molecular flexibility index (Phi) is 5.50. The molecule has 6 nitrogen and oxygen atoms in total. The lowest BCUT2D eigenvalue weighted by Crippen LogP contribution is -2.29. The molecule has 1 amide bonds. The maximum Gasteiger partial charge on any atom is 0.303 e. The molecule has 0 aromatic heterocycles. The van der Waals surface area contributed by atoms with Crippen LogP contribution in [0, 0.1) is 0 Å². The van der Waals surface area contributed by atoms with E-state index in [2.05, 4.69) is 5.32 Å². The summed E-state index contributed by atoms with van der Waals surface area (Å²) >= 11 is 0. The number of ether oxygens (including phenoxy) is 1. The monoisotopic (exact) mass is 253 g/mol. The van der Waals surface area contributed by atoms with Crippen molar-refractivity contribution in [1.82, 2.24) is 5.32 Å². The molecule has 0 saturated heterocycles. The minimum absolute atomic E-state index is 0.0145. The number of benzene rings is 1. The van der Waals surface area contributed by atoms with Gasteiger partial charge in [0.1, 0.15) is 0 Å². The summed E-state index contributed by atoms with van der Waals surface area (Å²) in [6.07, 6.45) is 0.387. The molecular formula is C12H15NO5. The lowest BCUT2D eigenvalue weighted by Gasteiger charge is -2.08. The predicted molar refractivity (Wildman–Crippen MR) is 63.5 cm³/mol. The third-order valence-electron chi connectivity index (χ3n) is 2.11. The second kappa shape index (κ2) is 7.16. The van der Waals surface area contributed by atoms with Crippen LogP contribution < -0.4 is 10.1 Å². The fourth-order valence-corrected chi connectivity index (χ4v) is 1.24. The first-order valence-corrected chi connectivity index (χ1v) is 5.49. The Morgan fingerprint density at radius 2 is 2.00 bits per heavy atom. The lowest BCUT2D eigenvalue weighted by molar-refractivity contribution is -0.137. The van der Waals surface area contributed by atoms with Crippen LogP contribution in [0.4, 0.5) is 0 Å². The zero-order valence-corrected chi connectivity index (χ0v) is 9.76. The van der Waals surface area contributed by atoms with Crippen molar-refractivity contribution in [3.8, 4) is 11.5 Å². The van der Waals surface area contributed by atoms with Crippen molar-refractivity contribution in [2.24, 2.45) is 0 Å². The number of nitrogens with one attached hydrogen (secondary N) is 1. The van der Waals surface area contributed by atoms with Gasteiger partial charge >= 0.3 is 5.97 Å². The van der Waals surface area contributed by atoms with Gasteiger partial charge in [0, 0.05) is 13.0 Å². The Labute approximate surface area is 104 Å². The smallest absolute Gasteiger partial charge is 0.303 e. The molecule has 0 atom stereocenters. The molecule has 0 aliphatic rings. The molecule has 1 aromatic rings. The molecule has 6 heteroatoms. The molecule has 18 heavy (non-hydrogen) atoms. The first kappa shape index (κ1) is 13.8. The highest BCUT2D eigenvalue weighted by atomic mass is 16.5. The van der Waals surface area contributed by atoms with Crippen LogP contribution in [-0.2, 0) is 9.59 Å². The molecule has 0 bridgehead atoms. The molecular weight excluding hydrogens is 238 g/mol. The number of hydrogen-bond donors (Lipinski definition) is 3. The SMILES string of the molecule is O=C(O)CCCNC(=O)COc1ccccc1O. The van der Waals surface area contributed by atoms with Gasteiger partial charge in [0.2, 0.25) is 0 Å². The minimum Gasteiger partial charge on any atom is -0.504 e. The first-order valence-electron chi connectivity index (χ1n) is 5.49. The molecule has 0 spiro atoms. The molecule has 0 aliphatic heterocycles. The molecule has 0 heterocycles. The number of carboxylic acids is 1. The van der Waals surface area contributed by atoms with E-state index >= 15 is 0 Å². The van der Waals surface area contributed by atoms with E-state index in [4.69, 9.17) is 9.84 Å². The van der Waals surface area contributed by atoms with E-state index in [0.717, 1.165) is 0 Å². The van der Waals surface area contributed by atoms with Crippen molar-refractivity contribution in [1.29, 1.82) is 0 Å². The number of rotatable bonds is 7. The fourth-order valence-electron chi connectivity index (χ4n) is 1.24. The number of amides is 1. The average molecular weight is 253 g/mol. The zero-order valence-electron chi connectivity index (χ0n) is 9.76. The Balaban J connectivity index is 2.21. The molecule has 1 rings (SSSR count). The fraction of sp³-hybridized carbons (Fsp3) is 0.333. The Hall–Kier alpha value is -2.24. The van der Waals surface area contributed by atoms with E-state index < -0.39 is 5.97 Å². The van der Waals surface area contributed by atoms with Gasteiger partial charge < -0.3 is 20.3 Å². The number of aliphatic carboxylic acids is 1.